The van der Waals surface area contributed by atoms with Crippen LogP contribution >= 0.6 is 11.8 Å². The van der Waals surface area contributed by atoms with Gasteiger partial charge in [0.1, 0.15) is 0 Å². The maximum Gasteiger partial charge on any atom is 0.0927 e. The lowest BCUT2D eigenvalue weighted by Crippen LogP contribution is -2.36. The van der Waals surface area contributed by atoms with Crippen molar-refractivity contribution in [1.29, 1.82) is 0 Å². The van der Waals surface area contributed by atoms with Gasteiger partial charge in [-0.05, 0) is 18.8 Å². The summed E-state index contributed by atoms with van der Waals surface area (Å²) in [4.78, 5) is 0. The summed E-state index contributed by atoms with van der Waals surface area (Å²) in [7, 11) is 0. The van der Waals surface area contributed by atoms with E-state index in [1.807, 2.05) is 11.8 Å². The van der Waals surface area contributed by atoms with Crippen LogP contribution in [0, 0.1) is 5.92 Å². The Morgan fingerprint density at radius 3 is 2.82 bits per heavy atom. The van der Waals surface area contributed by atoms with E-state index in [4.69, 9.17) is 4.74 Å². The highest BCUT2D eigenvalue weighted by molar-refractivity contribution is 7.99. The monoisotopic (exact) mass is 174 g/mol. The summed E-state index contributed by atoms with van der Waals surface area (Å²) >= 11 is 1.89. The molecule has 3 heteroatoms. The van der Waals surface area contributed by atoms with Gasteiger partial charge in [0.2, 0.25) is 0 Å². The fraction of sp³-hybridized carbons (Fsp3) is 1.00. The first-order valence-corrected chi connectivity index (χ1v) is 5.41. The molecule has 1 aliphatic carbocycles. The Labute approximate surface area is 71.3 Å². The quantitative estimate of drug-likeness (QED) is 0.674. The van der Waals surface area contributed by atoms with Crippen molar-refractivity contribution in [3.05, 3.63) is 0 Å². The van der Waals surface area contributed by atoms with Gasteiger partial charge in [-0.1, -0.05) is 0 Å². The van der Waals surface area contributed by atoms with Crippen LogP contribution in [0.15, 0.2) is 0 Å². The van der Waals surface area contributed by atoms with Crippen LogP contribution < -0.4 is 0 Å². The second-order valence-corrected chi connectivity index (χ2v) is 4.46. The molecule has 0 aromatic carbocycles. The van der Waals surface area contributed by atoms with E-state index in [2.05, 4.69) is 0 Å². The molecule has 2 fully saturated rings. The second kappa shape index (κ2) is 3.33. The minimum Gasteiger partial charge on any atom is -0.390 e. The van der Waals surface area contributed by atoms with E-state index in [9.17, 15) is 5.11 Å². The summed E-state index contributed by atoms with van der Waals surface area (Å²) in [5.41, 5.74) is 0. The minimum absolute atomic E-state index is 0.126. The van der Waals surface area contributed by atoms with E-state index in [1.165, 1.54) is 12.8 Å². The van der Waals surface area contributed by atoms with Crippen LogP contribution in [-0.2, 0) is 4.74 Å². The predicted octanol–water partition coefficient (Wildman–Crippen LogP) is 0.889. The molecule has 0 radical (unpaired) electrons. The molecule has 0 amide bonds. The summed E-state index contributed by atoms with van der Waals surface area (Å²) in [6, 6.07) is 0. The SMILES string of the molecule is OC(C1CC1)C1CSCCO1. The summed E-state index contributed by atoms with van der Waals surface area (Å²) in [5.74, 6) is 2.63. The largest absolute Gasteiger partial charge is 0.390 e. The van der Waals surface area contributed by atoms with Crippen molar-refractivity contribution in [2.75, 3.05) is 18.1 Å². The van der Waals surface area contributed by atoms with Gasteiger partial charge in [0.05, 0.1) is 18.8 Å². The highest BCUT2D eigenvalue weighted by Crippen LogP contribution is 2.35. The van der Waals surface area contributed by atoms with E-state index in [1.54, 1.807) is 0 Å². The Morgan fingerprint density at radius 2 is 2.27 bits per heavy atom. The Balaban J connectivity index is 1.81. The first-order chi connectivity index (χ1) is 5.38. The molecule has 0 aromatic rings. The van der Waals surface area contributed by atoms with Gasteiger partial charge in [0.15, 0.2) is 0 Å². The van der Waals surface area contributed by atoms with Crippen molar-refractivity contribution in [3.8, 4) is 0 Å². The van der Waals surface area contributed by atoms with E-state index >= 15 is 0 Å². The lowest BCUT2D eigenvalue weighted by molar-refractivity contribution is -0.0310. The molecule has 1 heterocycles. The molecule has 1 saturated carbocycles. The first kappa shape index (κ1) is 7.90. The van der Waals surface area contributed by atoms with Crippen molar-refractivity contribution >= 4 is 11.8 Å². The maximum atomic E-state index is 9.68. The zero-order valence-corrected chi connectivity index (χ0v) is 7.35. The predicted molar refractivity (Wildman–Crippen MR) is 45.8 cm³/mol. The van der Waals surface area contributed by atoms with Gasteiger partial charge < -0.3 is 9.84 Å². The average Bonchev–Trinajstić information content (AvgIpc) is 2.87. The van der Waals surface area contributed by atoms with Crippen molar-refractivity contribution in [2.45, 2.75) is 25.0 Å². The maximum absolute atomic E-state index is 9.68. The third-order valence-corrected chi connectivity index (χ3v) is 3.35. The minimum atomic E-state index is -0.178. The molecule has 64 valence electrons. The van der Waals surface area contributed by atoms with Crippen LogP contribution in [0.1, 0.15) is 12.8 Å². The number of ether oxygens (including phenoxy) is 1. The van der Waals surface area contributed by atoms with Gasteiger partial charge in [0, 0.05) is 11.5 Å². The van der Waals surface area contributed by atoms with Gasteiger partial charge in [-0.2, -0.15) is 11.8 Å². The summed E-state index contributed by atoms with van der Waals surface area (Å²) in [5, 5.41) is 9.68. The van der Waals surface area contributed by atoms with Crippen molar-refractivity contribution in [1.82, 2.24) is 0 Å². The lowest BCUT2D eigenvalue weighted by atomic mass is 10.1. The molecule has 1 saturated heterocycles. The Hall–Kier alpha value is 0.270. The average molecular weight is 174 g/mol. The first-order valence-electron chi connectivity index (χ1n) is 4.25. The third-order valence-electron chi connectivity index (χ3n) is 2.33. The number of hydrogen-bond acceptors (Lipinski definition) is 3. The highest BCUT2D eigenvalue weighted by atomic mass is 32.2. The fourth-order valence-corrected chi connectivity index (χ4v) is 2.35. The van der Waals surface area contributed by atoms with Gasteiger partial charge in [-0.3, -0.25) is 0 Å². The Morgan fingerprint density at radius 1 is 1.45 bits per heavy atom. The van der Waals surface area contributed by atoms with E-state index in [0.29, 0.717) is 5.92 Å². The third kappa shape index (κ3) is 1.89. The van der Waals surface area contributed by atoms with Crippen molar-refractivity contribution < 1.29 is 9.84 Å². The van der Waals surface area contributed by atoms with E-state index in [0.717, 1.165) is 18.1 Å². The topological polar surface area (TPSA) is 29.5 Å². The molecular weight excluding hydrogens is 160 g/mol. The summed E-state index contributed by atoms with van der Waals surface area (Å²) < 4.78 is 5.47. The molecule has 1 aliphatic heterocycles. The molecule has 0 aromatic heterocycles. The Kier molecular flexibility index (Phi) is 2.39. The summed E-state index contributed by atoms with van der Waals surface area (Å²) in [6.45, 7) is 0.819. The molecule has 0 bridgehead atoms. The standard InChI is InChI=1S/C8H14O2S/c9-8(6-1-2-6)7-5-11-4-3-10-7/h6-9H,1-5H2. The molecular formula is C8H14O2S. The number of hydrogen-bond donors (Lipinski definition) is 1. The van der Waals surface area contributed by atoms with Crippen molar-refractivity contribution in [2.24, 2.45) is 5.92 Å². The molecule has 2 aliphatic rings. The highest BCUT2D eigenvalue weighted by Gasteiger charge is 2.36. The lowest BCUT2D eigenvalue weighted by Gasteiger charge is -2.26. The molecule has 2 unspecified atom stereocenters. The van der Waals surface area contributed by atoms with Gasteiger partial charge in [-0.25, -0.2) is 0 Å². The van der Waals surface area contributed by atoms with Gasteiger partial charge in [0.25, 0.3) is 0 Å². The molecule has 2 nitrogen and oxygen atoms in total. The molecule has 2 atom stereocenters. The van der Waals surface area contributed by atoms with Crippen LogP contribution in [0.2, 0.25) is 0 Å². The van der Waals surface area contributed by atoms with E-state index < -0.39 is 0 Å². The number of rotatable bonds is 2. The van der Waals surface area contributed by atoms with Crippen LogP contribution in [-0.4, -0.2) is 35.4 Å². The zero-order valence-electron chi connectivity index (χ0n) is 6.53. The number of aliphatic hydroxyl groups is 1. The van der Waals surface area contributed by atoms with Crippen LogP contribution in [0.3, 0.4) is 0 Å². The number of aliphatic hydroxyl groups excluding tert-OH is 1. The van der Waals surface area contributed by atoms with Crippen molar-refractivity contribution in [3.63, 3.8) is 0 Å². The normalized spacial score (nSPS) is 35.2. The summed E-state index contributed by atoms with van der Waals surface area (Å²) in [6.07, 6.45) is 2.35. The zero-order chi connectivity index (χ0) is 7.68. The molecule has 0 spiro atoms. The van der Waals surface area contributed by atoms with E-state index in [-0.39, 0.29) is 12.2 Å². The molecule has 1 N–H and O–H groups in total. The second-order valence-electron chi connectivity index (χ2n) is 3.31. The number of thioether (sulfide) groups is 1. The smallest absolute Gasteiger partial charge is 0.0927 e. The van der Waals surface area contributed by atoms with Crippen LogP contribution in [0.4, 0.5) is 0 Å². The van der Waals surface area contributed by atoms with Gasteiger partial charge in [-0.15, -0.1) is 0 Å². The fourth-order valence-electron chi connectivity index (χ4n) is 1.44. The van der Waals surface area contributed by atoms with Gasteiger partial charge >= 0.3 is 0 Å². The van der Waals surface area contributed by atoms with Crippen LogP contribution in [0.25, 0.3) is 0 Å². The molecule has 11 heavy (non-hydrogen) atoms. The molecule has 2 rings (SSSR count). The Bertz CT molecular complexity index is 130. The van der Waals surface area contributed by atoms with Crippen LogP contribution in [0.5, 0.6) is 0 Å².